The summed E-state index contributed by atoms with van der Waals surface area (Å²) in [6, 6.07) is 8.08. The molecular formula is C28H34N4O4. The summed E-state index contributed by atoms with van der Waals surface area (Å²) in [5.74, 6) is -0.172. The van der Waals surface area contributed by atoms with Crippen molar-refractivity contribution in [1.29, 1.82) is 5.26 Å². The molecule has 190 valence electrons. The van der Waals surface area contributed by atoms with Crippen LogP contribution in [0.1, 0.15) is 92.2 Å². The summed E-state index contributed by atoms with van der Waals surface area (Å²) in [4.78, 5) is 19.7. The Morgan fingerprint density at radius 1 is 1.22 bits per heavy atom. The molecule has 2 bridgehead atoms. The van der Waals surface area contributed by atoms with Crippen molar-refractivity contribution in [2.45, 2.75) is 75.9 Å². The van der Waals surface area contributed by atoms with Gasteiger partial charge in [0.2, 0.25) is 0 Å². The Kier molecular flexibility index (Phi) is 6.27. The van der Waals surface area contributed by atoms with Gasteiger partial charge < -0.3 is 25.3 Å². The van der Waals surface area contributed by atoms with E-state index in [-0.39, 0.29) is 36.1 Å². The molecule has 2 aliphatic heterocycles. The lowest BCUT2D eigenvalue weighted by molar-refractivity contribution is -0.177. The van der Waals surface area contributed by atoms with Gasteiger partial charge in [0.05, 0.1) is 30.6 Å². The van der Waals surface area contributed by atoms with E-state index in [4.69, 9.17) is 10.00 Å². The molecule has 5 rings (SSSR count). The summed E-state index contributed by atoms with van der Waals surface area (Å²) >= 11 is 0. The van der Waals surface area contributed by atoms with E-state index in [1.165, 1.54) is 11.8 Å². The molecule has 2 aromatic rings. The number of allylic oxidation sites excluding steroid dienone is 2. The molecule has 0 spiro atoms. The van der Waals surface area contributed by atoms with Gasteiger partial charge in [0, 0.05) is 11.3 Å². The number of H-pyrrole nitrogens is 1. The fourth-order valence-corrected chi connectivity index (χ4v) is 6.05. The number of nitriles is 1. The minimum atomic E-state index is -0.607. The lowest BCUT2D eigenvalue weighted by Crippen LogP contribution is -2.47. The maximum Gasteiger partial charge on any atom is 0.291 e. The van der Waals surface area contributed by atoms with E-state index in [0.717, 1.165) is 43.2 Å². The average molecular weight is 491 g/mol. The molecule has 2 unspecified atom stereocenters. The Balaban J connectivity index is 1.49. The number of imidazole rings is 1. The lowest BCUT2D eigenvalue weighted by Gasteiger charge is -2.43. The van der Waals surface area contributed by atoms with Gasteiger partial charge >= 0.3 is 0 Å². The number of hydrogen-bond acceptors (Lipinski definition) is 6. The van der Waals surface area contributed by atoms with Gasteiger partial charge in [-0.2, -0.15) is 5.26 Å². The summed E-state index contributed by atoms with van der Waals surface area (Å²) in [5.41, 5.74) is 3.28. The molecule has 36 heavy (non-hydrogen) atoms. The van der Waals surface area contributed by atoms with Crippen molar-refractivity contribution >= 4 is 17.2 Å². The molecule has 2 fully saturated rings. The Labute approximate surface area is 211 Å². The molecule has 1 amide bonds. The van der Waals surface area contributed by atoms with Gasteiger partial charge in [-0.05, 0) is 79.5 Å². The van der Waals surface area contributed by atoms with Gasteiger partial charge in [-0.25, -0.2) is 4.98 Å². The highest BCUT2D eigenvalue weighted by Crippen LogP contribution is 2.53. The number of hydrogen-bond donors (Lipinski definition) is 4. The Morgan fingerprint density at radius 2 is 1.94 bits per heavy atom. The zero-order chi connectivity index (χ0) is 25.6. The Bertz CT molecular complexity index is 1220. The molecule has 3 heterocycles. The van der Waals surface area contributed by atoms with Gasteiger partial charge in [0.15, 0.2) is 5.82 Å². The van der Waals surface area contributed by atoms with E-state index in [2.05, 4.69) is 41.3 Å². The summed E-state index contributed by atoms with van der Waals surface area (Å²) < 4.78 is 6.23. The largest absolute Gasteiger partial charge is 0.393 e. The van der Waals surface area contributed by atoms with Crippen LogP contribution in [0.15, 0.2) is 30.5 Å². The van der Waals surface area contributed by atoms with Gasteiger partial charge in [-0.3, -0.25) is 4.79 Å². The van der Waals surface area contributed by atoms with Crippen molar-refractivity contribution in [2.24, 2.45) is 5.41 Å². The summed E-state index contributed by atoms with van der Waals surface area (Å²) in [6.07, 6.45) is 9.44. The Hall–Kier alpha value is -2.99. The molecule has 0 saturated carbocycles. The maximum atomic E-state index is 12.9. The SMILES string of the molecule is CC1(C)CC=C(c2cc(C3CC4(CO)CCC(CO)(C3)O4)ccc2NC(=O)c2ncc(C#N)[nH]2)CC1. The maximum absolute atomic E-state index is 12.9. The lowest BCUT2D eigenvalue weighted by atomic mass is 9.75. The predicted octanol–water partition coefficient (Wildman–Crippen LogP) is 4.28. The number of aromatic nitrogens is 2. The Morgan fingerprint density at radius 3 is 2.53 bits per heavy atom. The monoisotopic (exact) mass is 490 g/mol. The van der Waals surface area contributed by atoms with Crippen LogP contribution in [0.5, 0.6) is 0 Å². The highest BCUT2D eigenvalue weighted by atomic mass is 16.6. The molecule has 1 aromatic heterocycles. The zero-order valence-electron chi connectivity index (χ0n) is 20.9. The topological polar surface area (TPSA) is 131 Å². The molecule has 2 saturated heterocycles. The number of aliphatic hydroxyl groups is 2. The molecule has 8 heteroatoms. The van der Waals surface area contributed by atoms with E-state index in [1.807, 2.05) is 18.2 Å². The predicted molar refractivity (Wildman–Crippen MR) is 135 cm³/mol. The first kappa shape index (κ1) is 24.7. The number of rotatable bonds is 6. The van der Waals surface area contributed by atoms with E-state index < -0.39 is 17.1 Å². The van der Waals surface area contributed by atoms with Crippen LogP contribution in [0, 0.1) is 16.7 Å². The number of ether oxygens (including phenoxy) is 1. The van der Waals surface area contributed by atoms with E-state index in [9.17, 15) is 15.0 Å². The third kappa shape index (κ3) is 4.59. The average Bonchev–Trinajstić information content (AvgIpc) is 3.47. The smallest absolute Gasteiger partial charge is 0.291 e. The molecular weight excluding hydrogens is 456 g/mol. The third-order valence-electron chi connectivity index (χ3n) is 8.28. The third-order valence-corrected chi connectivity index (χ3v) is 8.28. The zero-order valence-corrected chi connectivity index (χ0v) is 20.9. The van der Waals surface area contributed by atoms with Crippen LogP contribution in [0.2, 0.25) is 0 Å². The number of amides is 1. The van der Waals surface area contributed by atoms with E-state index >= 15 is 0 Å². The van der Waals surface area contributed by atoms with Crippen molar-refractivity contribution < 1.29 is 19.7 Å². The van der Waals surface area contributed by atoms with Crippen molar-refractivity contribution in [3.63, 3.8) is 0 Å². The van der Waals surface area contributed by atoms with Crippen molar-refractivity contribution in [3.05, 3.63) is 53.1 Å². The number of aromatic amines is 1. The number of carbonyl (C=O) groups excluding carboxylic acids is 1. The molecule has 8 nitrogen and oxygen atoms in total. The second-order valence-corrected chi connectivity index (χ2v) is 11.5. The first-order valence-corrected chi connectivity index (χ1v) is 12.7. The highest BCUT2D eigenvalue weighted by Gasteiger charge is 2.55. The molecule has 1 aliphatic carbocycles. The number of aliphatic hydroxyl groups excluding tert-OH is 2. The summed E-state index contributed by atoms with van der Waals surface area (Å²) in [7, 11) is 0. The second kappa shape index (κ2) is 9.15. The van der Waals surface area contributed by atoms with Crippen LogP contribution >= 0.6 is 0 Å². The van der Waals surface area contributed by atoms with Gasteiger partial charge in [0.25, 0.3) is 5.91 Å². The van der Waals surface area contributed by atoms with Crippen LogP contribution in [0.25, 0.3) is 5.57 Å². The van der Waals surface area contributed by atoms with Crippen LogP contribution in [-0.2, 0) is 4.74 Å². The van der Waals surface area contributed by atoms with Crippen molar-refractivity contribution in [1.82, 2.24) is 9.97 Å². The molecule has 4 N–H and O–H groups in total. The van der Waals surface area contributed by atoms with Gasteiger partial charge in [-0.1, -0.05) is 26.0 Å². The van der Waals surface area contributed by atoms with Crippen LogP contribution in [-0.4, -0.2) is 50.5 Å². The molecule has 1 aromatic carbocycles. The fraction of sp³-hybridized carbons (Fsp3) is 0.536. The molecule has 2 atom stereocenters. The first-order chi connectivity index (χ1) is 17.2. The number of nitrogens with zero attached hydrogens (tertiary/aromatic N) is 2. The number of carbonyl (C=O) groups is 1. The van der Waals surface area contributed by atoms with Crippen LogP contribution in [0.4, 0.5) is 5.69 Å². The minimum absolute atomic E-state index is 0.0552. The number of nitrogens with one attached hydrogen (secondary N) is 2. The summed E-state index contributed by atoms with van der Waals surface area (Å²) in [5, 5.41) is 32.3. The van der Waals surface area contributed by atoms with Crippen LogP contribution < -0.4 is 5.32 Å². The van der Waals surface area contributed by atoms with E-state index in [1.54, 1.807) is 0 Å². The number of benzene rings is 1. The summed E-state index contributed by atoms with van der Waals surface area (Å²) in [6.45, 7) is 4.42. The normalized spacial score (nSPS) is 28.9. The highest BCUT2D eigenvalue weighted by molar-refractivity contribution is 6.03. The van der Waals surface area contributed by atoms with E-state index in [0.29, 0.717) is 18.5 Å². The minimum Gasteiger partial charge on any atom is -0.393 e. The fourth-order valence-electron chi connectivity index (χ4n) is 6.05. The van der Waals surface area contributed by atoms with Gasteiger partial charge in [0.1, 0.15) is 11.8 Å². The number of fused-ring (bicyclic) bond motifs is 2. The molecule has 0 radical (unpaired) electrons. The standard InChI is InChI=1S/C28H34N4O4/c1-26(2)7-5-18(6-8-26)22-11-19(20-12-27(16-33)9-10-28(13-20,17-34)36-27)3-4-23(22)32-25(35)24-30-15-21(14-29)31-24/h3-5,11,15,20,33-34H,6-10,12-13,16-17H2,1-2H3,(H,30,31)(H,32,35). The van der Waals surface area contributed by atoms with Crippen molar-refractivity contribution in [3.8, 4) is 6.07 Å². The quantitative estimate of drug-likeness (QED) is 0.478. The number of anilines is 1. The first-order valence-electron chi connectivity index (χ1n) is 12.7. The van der Waals surface area contributed by atoms with Gasteiger partial charge in [-0.15, -0.1) is 0 Å². The molecule has 3 aliphatic rings. The second-order valence-electron chi connectivity index (χ2n) is 11.5. The van der Waals surface area contributed by atoms with Crippen LogP contribution in [0.3, 0.4) is 0 Å². The van der Waals surface area contributed by atoms with Crippen molar-refractivity contribution in [2.75, 3.05) is 18.5 Å².